The van der Waals surface area contributed by atoms with Crippen molar-refractivity contribution in [3.8, 4) is 0 Å². The molecule has 0 bridgehead atoms. The van der Waals surface area contributed by atoms with Crippen molar-refractivity contribution in [2.75, 3.05) is 13.1 Å². The molecule has 1 aliphatic rings. The zero-order valence-electron chi connectivity index (χ0n) is 11.0. The zero-order chi connectivity index (χ0) is 13.3. The molecule has 1 saturated heterocycles. The predicted octanol–water partition coefficient (Wildman–Crippen LogP) is 1.96. The van der Waals surface area contributed by atoms with E-state index in [9.17, 15) is 9.18 Å². The first-order valence-electron chi connectivity index (χ1n) is 6.29. The molecule has 98 valence electrons. The summed E-state index contributed by atoms with van der Waals surface area (Å²) in [6.45, 7) is 7.27. The minimum atomic E-state index is -0.361. The second-order valence-corrected chi connectivity index (χ2v) is 5.14. The molecule has 18 heavy (non-hydrogen) atoms. The van der Waals surface area contributed by atoms with Crippen LogP contribution >= 0.6 is 0 Å². The molecule has 0 radical (unpaired) electrons. The van der Waals surface area contributed by atoms with Gasteiger partial charge >= 0.3 is 0 Å². The van der Waals surface area contributed by atoms with Gasteiger partial charge in [-0.1, -0.05) is 6.07 Å². The third-order valence-electron chi connectivity index (χ3n) is 3.27. The third kappa shape index (κ3) is 2.70. The van der Waals surface area contributed by atoms with Gasteiger partial charge in [-0.05, 0) is 38.5 Å². The van der Waals surface area contributed by atoms with Gasteiger partial charge in [0.1, 0.15) is 5.82 Å². The van der Waals surface area contributed by atoms with E-state index in [2.05, 4.69) is 5.32 Å². The summed E-state index contributed by atoms with van der Waals surface area (Å²) in [5.41, 5.74) is 1.29. The highest BCUT2D eigenvalue weighted by Crippen LogP contribution is 2.15. The number of nitrogens with one attached hydrogen (secondary N) is 1. The van der Waals surface area contributed by atoms with Crippen molar-refractivity contribution in [3.05, 3.63) is 35.1 Å². The van der Waals surface area contributed by atoms with Crippen molar-refractivity contribution in [3.63, 3.8) is 0 Å². The number of rotatable bonds is 1. The first-order chi connectivity index (χ1) is 8.47. The van der Waals surface area contributed by atoms with E-state index in [-0.39, 0.29) is 23.8 Å². The third-order valence-corrected chi connectivity index (χ3v) is 3.27. The molecule has 4 heteroatoms. The first kappa shape index (κ1) is 13.0. The van der Waals surface area contributed by atoms with Crippen molar-refractivity contribution in [1.82, 2.24) is 10.2 Å². The number of aryl methyl sites for hydroxylation is 1. The van der Waals surface area contributed by atoms with E-state index in [1.54, 1.807) is 11.0 Å². The van der Waals surface area contributed by atoms with Gasteiger partial charge in [0.25, 0.3) is 5.91 Å². The molecule has 0 saturated carbocycles. The Morgan fingerprint density at radius 3 is 2.56 bits per heavy atom. The Bertz CT molecular complexity index is 451. The van der Waals surface area contributed by atoms with Crippen LogP contribution in [0.25, 0.3) is 0 Å². The molecule has 2 atom stereocenters. The number of halogens is 1. The van der Waals surface area contributed by atoms with Crippen molar-refractivity contribution in [2.24, 2.45) is 0 Å². The van der Waals surface area contributed by atoms with Crippen LogP contribution in [0.15, 0.2) is 18.2 Å². The minimum Gasteiger partial charge on any atom is -0.336 e. The summed E-state index contributed by atoms with van der Waals surface area (Å²) >= 11 is 0. The number of amides is 1. The fraction of sp³-hybridized carbons (Fsp3) is 0.500. The van der Waals surface area contributed by atoms with Crippen molar-refractivity contribution in [2.45, 2.75) is 32.9 Å². The first-order valence-corrected chi connectivity index (χ1v) is 6.29. The molecule has 0 aromatic heterocycles. The maximum absolute atomic E-state index is 13.2. The standard InChI is InChI=1S/C14H19FN2O/c1-9-4-5-12(15)6-13(9)14(18)17-7-10(2)16-11(3)8-17/h4-6,10-11,16H,7-8H2,1-3H3. The summed E-state index contributed by atoms with van der Waals surface area (Å²) < 4.78 is 13.2. The van der Waals surface area contributed by atoms with Crippen LogP contribution in [0.2, 0.25) is 0 Å². The van der Waals surface area contributed by atoms with E-state index < -0.39 is 0 Å². The van der Waals surface area contributed by atoms with Gasteiger partial charge in [-0.3, -0.25) is 4.79 Å². The minimum absolute atomic E-state index is 0.0767. The molecule has 1 fully saturated rings. The molecule has 1 aliphatic heterocycles. The molecule has 2 unspecified atom stereocenters. The Labute approximate surface area is 107 Å². The van der Waals surface area contributed by atoms with Gasteiger partial charge in [0.15, 0.2) is 0 Å². The van der Waals surface area contributed by atoms with E-state index in [1.807, 2.05) is 20.8 Å². The fourth-order valence-electron chi connectivity index (χ4n) is 2.49. The molecule has 0 aliphatic carbocycles. The molecule has 1 amide bonds. The SMILES string of the molecule is Cc1ccc(F)cc1C(=O)N1CC(C)NC(C)C1. The lowest BCUT2D eigenvalue weighted by Crippen LogP contribution is -2.55. The molecule has 1 aromatic carbocycles. The fourth-order valence-corrected chi connectivity index (χ4v) is 2.49. The van der Waals surface area contributed by atoms with Crippen molar-refractivity contribution in [1.29, 1.82) is 0 Å². The van der Waals surface area contributed by atoms with Gasteiger partial charge < -0.3 is 10.2 Å². The summed E-state index contributed by atoms with van der Waals surface area (Å²) in [6.07, 6.45) is 0. The van der Waals surface area contributed by atoms with E-state index in [1.165, 1.54) is 12.1 Å². The van der Waals surface area contributed by atoms with Crippen LogP contribution in [0.5, 0.6) is 0 Å². The molecule has 0 spiro atoms. The van der Waals surface area contributed by atoms with Gasteiger partial charge in [0.05, 0.1) is 0 Å². The highest BCUT2D eigenvalue weighted by atomic mass is 19.1. The summed E-state index contributed by atoms with van der Waals surface area (Å²) in [6, 6.07) is 4.90. The van der Waals surface area contributed by atoms with Crippen molar-refractivity contribution >= 4 is 5.91 Å². The number of benzene rings is 1. The molecule has 2 rings (SSSR count). The molecule has 3 nitrogen and oxygen atoms in total. The molecule has 1 aromatic rings. The van der Waals surface area contributed by atoms with Crippen LogP contribution < -0.4 is 5.32 Å². The highest BCUT2D eigenvalue weighted by Gasteiger charge is 2.26. The Balaban J connectivity index is 2.22. The number of carbonyl (C=O) groups excluding carboxylic acids is 1. The Hall–Kier alpha value is -1.42. The normalized spacial score (nSPS) is 24.1. The Morgan fingerprint density at radius 2 is 1.94 bits per heavy atom. The number of nitrogens with zero attached hydrogens (tertiary/aromatic N) is 1. The van der Waals surface area contributed by atoms with Gasteiger partial charge in [0, 0.05) is 30.7 Å². The maximum Gasteiger partial charge on any atom is 0.254 e. The van der Waals surface area contributed by atoms with Gasteiger partial charge in [-0.2, -0.15) is 0 Å². The van der Waals surface area contributed by atoms with Crippen LogP contribution in [0.3, 0.4) is 0 Å². The number of hydrogen-bond donors (Lipinski definition) is 1. The maximum atomic E-state index is 13.2. The lowest BCUT2D eigenvalue weighted by Gasteiger charge is -2.36. The summed E-state index contributed by atoms with van der Waals surface area (Å²) in [5, 5.41) is 3.37. The van der Waals surface area contributed by atoms with E-state index in [0.717, 1.165) is 5.56 Å². The van der Waals surface area contributed by atoms with Crippen LogP contribution in [-0.4, -0.2) is 36.0 Å². The Morgan fingerprint density at radius 1 is 1.33 bits per heavy atom. The number of carbonyl (C=O) groups is 1. The summed E-state index contributed by atoms with van der Waals surface area (Å²) in [4.78, 5) is 14.2. The largest absolute Gasteiger partial charge is 0.336 e. The average molecular weight is 250 g/mol. The van der Waals surface area contributed by atoms with Crippen LogP contribution in [0, 0.1) is 12.7 Å². The highest BCUT2D eigenvalue weighted by molar-refractivity contribution is 5.95. The second kappa shape index (κ2) is 5.06. The topological polar surface area (TPSA) is 32.3 Å². The average Bonchev–Trinajstić information content (AvgIpc) is 2.30. The molecular weight excluding hydrogens is 231 g/mol. The lowest BCUT2D eigenvalue weighted by molar-refractivity contribution is 0.0672. The van der Waals surface area contributed by atoms with Crippen LogP contribution in [0.1, 0.15) is 29.8 Å². The summed E-state index contributed by atoms with van der Waals surface area (Å²) in [7, 11) is 0. The van der Waals surface area contributed by atoms with Gasteiger partial charge in [-0.25, -0.2) is 4.39 Å². The second-order valence-electron chi connectivity index (χ2n) is 5.14. The number of hydrogen-bond acceptors (Lipinski definition) is 2. The monoisotopic (exact) mass is 250 g/mol. The van der Waals surface area contributed by atoms with Crippen molar-refractivity contribution < 1.29 is 9.18 Å². The van der Waals surface area contributed by atoms with E-state index in [0.29, 0.717) is 18.7 Å². The summed E-state index contributed by atoms with van der Waals surface area (Å²) in [5.74, 6) is -0.438. The zero-order valence-corrected chi connectivity index (χ0v) is 11.0. The van der Waals surface area contributed by atoms with Crippen LogP contribution in [0.4, 0.5) is 4.39 Å². The molecule has 1 heterocycles. The Kier molecular flexibility index (Phi) is 3.66. The van der Waals surface area contributed by atoms with Crippen LogP contribution in [-0.2, 0) is 0 Å². The van der Waals surface area contributed by atoms with E-state index >= 15 is 0 Å². The molecular formula is C14H19FN2O. The van der Waals surface area contributed by atoms with Gasteiger partial charge in [0.2, 0.25) is 0 Å². The smallest absolute Gasteiger partial charge is 0.254 e. The molecule has 1 N–H and O–H groups in total. The van der Waals surface area contributed by atoms with E-state index in [4.69, 9.17) is 0 Å². The number of piperazine rings is 1. The quantitative estimate of drug-likeness (QED) is 0.826. The lowest BCUT2D eigenvalue weighted by atomic mass is 10.1. The predicted molar refractivity (Wildman–Crippen MR) is 69.1 cm³/mol. The van der Waals surface area contributed by atoms with Gasteiger partial charge in [-0.15, -0.1) is 0 Å².